The minimum absolute atomic E-state index is 0.0423. The van der Waals surface area contributed by atoms with Crippen molar-refractivity contribution < 1.29 is 9.13 Å². The summed E-state index contributed by atoms with van der Waals surface area (Å²) >= 11 is 0. The van der Waals surface area contributed by atoms with Crippen LogP contribution in [-0.2, 0) is 11.2 Å². The largest absolute Gasteiger partial charge is 0.376 e. The maximum Gasteiger partial charge on any atom is 0.123 e. The van der Waals surface area contributed by atoms with Crippen molar-refractivity contribution >= 4 is 0 Å². The monoisotopic (exact) mass is 223 g/mol. The summed E-state index contributed by atoms with van der Waals surface area (Å²) in [7, 11) is 0. The van der Waals surface area contributed by atoms with E-state index in [0.717, 1.165) is 18.6 Å². The van der Waals surface area contributed by atoms with Crippen LogP contribution < -0.4 is 5.73 Å². The maximum absolute atomic E-state index is 13.0. The van der Waals surface area contributed by atoms with Crippen LogP contribution in [0, 0.1) is 11.7 Å². The van der Waals surface area contributed by atoms with Gasteiger partial charge in [0.15, 0.2) is 0 Å². The van der Waals surface area contributed by atoms with Crippen molar-refractivity contribution in [2.45, 2.75) is 31.9 Å². The molecule has 0 radical (unpaired) electrons. The lowest BCUT2D eigenvalue weighted by Crippen LogP contribution is -2.39. The first-order valence-electron chi connectivity index (χ1n) is 5.78. The predicted molar refractivity (Wildman–Crippen MR) is 61.6 cm³/mol. The molecule has 1 heterocycles. The van der Waals surface area contributed by atoms with Gasteiger partial charge < -0.3 is 10.5 Å². The van der Waals surface area contributed by atoms with E-state index in [0.29, 0.717) is 12.3 Å². The smallest absolute Gasteiger partial charge is 0.123 e. The molecule has 1 fully saturated rings. The van der Waals surface area contributed by atoms with Gasteiger partial charge in [0.25, 0.3) is 0 Å². The van der Waals surface area contributed by atoms with Gasteiger partial charge in [0.05, 0.1) is 6.10 Å². The highest BCUT2D eigenvalue weighted by atomic mass is 19.1. The lowest BCUT2D eigenvalue weighted by molar-refractivity contribution is 0.0726. The van der Waals surface area contributed by atoms with E-state index in [9.17, 15) is 4.39 Å². The SMILES string of the molecule is CC1CCOC1C(N)Cc1cccc(F)c1. The first kappa shape index (κ1) is 11.6. The second-order valence-corrected chi connectivity index (χ2v) is 4.60. The van der Waals surface area contributed by atoms with Gasteiger partial charge in [-0.3, -0.25) is 0 Å². The average Bonchev–Trinajstić information content (AvgIpc) is 2.64. The molecule has 1 aromatic rings. The van der Waals surface area contributed by atoms with Gasteiger partial charge in [-0.2, -0.15) is 0 Å². The lowest BCUT2D eigenvalue weighted by Gasteiger charge is -2.22. The van der Waals surface area contributed by atoms with Crippen molar-refractivity contribution in [2.75, 3.05) is 6.61 Å². The number of benzene rings is 1. The van der Waals surface area contributed by atoms with Crippen LogP contribution in [0.25, 0.3) is 0 Å². The summed E-state index contributed by atoms with van der Waals surface area (Å²) in [6.07, 6.45) is 1.86. The molecule has 16 heavy (non-hydrogen) atoms. The van der Waals surface area contributed by atoms with Crippen LogP contribution in [0.5, 0.6) is 0 Å². The van der Waals surface area contributed by atoms with Gasteiger partial charge in [0, 0.05) is 12.6 Å². The van der Waals surface area contributed by atoms with Crippen molar-refractivity contribution in [1.29, 1.82) is 0 Å². The third kappa shape index (κ3) is 2.60. The van der Waals surface area contributed by atoms with E-state index in [1.807, 2.05) is 6.07 Å². The fraction of sp³-hybridized carbons (Fsp3) is 0.538. The molecule has 0 spiro atoms. The summed E-state index contributed by atoms with van der Waals surface area (Å²) < 4.78 is 18.6. The van der Waals surface area contributed by atoms with Crippen LogP contribution in [0.1, 0.15) is 18.9 Å². The van der Waals surface area contributed by atoms with E-state index in [-0.39, 0.29) is 18.0 Å². The van der Waals surface area contributed by atoms with E-state index in [1.54, 1.807) is 12.1 Å². The molecular formula is C13H18FNO. The number of hydrogen-bond donors (Lipinski definition) is 1. The molecule has 3 heteroatoms. The molecule has 1 aromatic carbocycles. The molecule has 1 saturated heterocycles. The van der Waals surface area contributed by atoms with Crippen LogP contribution in [-0.4, -0.2) is 18.8 Å². The quantitative estimate of drug-likeness (QED) is 0.852. The number of halogens is 1. The van der Waals surface area contributed by atoms with Crippen molar-refractivity contribution in [3.05, 3.63) is 35.6 Å². The number of hydrogen-bond acceptors (Lipinski definition) is 2. The Morgan fingerprint density at radius 3 is 3.00 bits per heavy atom. The lowest BCUT2D eigenvalue weighted by atomic mass is 9.93. The minimum Gasteiger partial charge on any atom is -0.376 e. The van der Waals surface area contributed by atoms with E-state index in [4.69, 9.17) is 10.5 Å². The Balaban J connectivity index is 1.99. The first-order valence-corrected chi connectivity index (χ1v) is 5.78. The Bertz CT molecular complexity index is 356. The molecule has 1 aliphatic heterocycles. The fourth-order valence-electron chi connectivity index (χ4n) is 2.32. The fourth-order valence-corrected chi connectivity index (χ4v) is 2.32. The van der Waals surface area contributed by atoms with Crippen molar-refractivity contribution in [3.8, 4) is 0 Å². The Hall–Kier alpha value is -0.930. The average molecular weight is 223 g/mol. The third-order valence-corrected chi connectivity index (χ3v) is 3.23. The summed E-state index contributed by atoms with van der Waals surface area (Å²) in [4.78, 5) is 0. The van der Waals surface area contributed by atoms with E-state index >= 15 is 0 Å². The zero-order valence-corrected chi connectivity index (χ0v) is 9.53. The minimum atomic E-state index is -0.204. The topological polar surface area (TPSA) is 35.2 Å². The van der Waals surface area contributed by atoms with Gasteiger partial charge in [-0.25, -0.2) is 4.39 Å². The summed E-state index contributed by atoms with van der Waals surface area (Å²) in [5, 5.41) is 0. The van der Waals surface area contributed by atoms with Gasteiger partial charge in [-0.15, -0.1) is 0 Å². The second kappa shape index (κ2) is 4.93. The van der Waals surface area contributed by atoms with Crippen molar-refractivity contribution in [3.63, 3.8) is 0 Å². The molecule has 2 N–H and O–H groups in total. The molecular weight excluding hydrogens is 205 g/mol. The highest BCUT2D eigenvalue weighted by Gasteiger charge is 2.29. The van der Waals surface area contributed by atoms with Crippen LogP contribution >= 0.6 is 0 Å². The van der Waals surface area contributed by atoms with Gasteiger partial charge >= 0.3 is 0 Å². The first-order chi connectivity index (χ1) is 7.66. The Morgan fingerprint density at radius 2 is 2.38 bits per heavy atom. The second-order valence-electron chi connectivity index (χ2n) is 4.60. The molecule has 0 amide bonds. The van der Waals surface area contributed by atoms with Gasteiger partial charge in [-0.1, -0.05) is 19.1 Å². The van der Waals surface area contributed by atoms with E-state index < -0.39 is 0 Å². The molecule has 2 nitrogen and oxygen atoms in total. The molecule has 88 valence electrons. The molecule has 0 aliphatic carbocycles. The van der Waals surface area contributed by atoms with Crippen molar-refractivity contribution in [2.24, 2.45) is 11.7 Å². The summed E-state index contributed by atoms with van der Waals surface area (Å²) in [5.41, 5.74) is 7.04. The zero-order valence-electron chi connectivity index (χ0n) is 9.53. The molecule has 0 bridgehead atoms. The van der Waals surface area contributed by atoms with Gasteiger partial charge in [0.2, 0.25) is 0 Å². The van der Waals surface area contributed by atoms with Crippen LogP contribution in [0.4, 0.5) is 4.39 Å². The molecule has 3 unspecified atom stereocenters. The maximum atomic E-state index is 13.0. The normalized spacial score (nSPS) is 26.9. The molecule has 0 saturated carbocycles. The molecule has 2 rings (SSSR count). The Morgan fingerprint density at radius 1 is 1.56 bits per heavy atom. The van der Waals surface area contributed by atoms with Gasteiger partial charge in [0.1, 0.15) is 5.82 Å². The predicted octanol–water partition coefficient (Wildman–Crippen LogP) is 2.12. The standard InChI is InChI=1S/C13H18FNO/c1-9-5-6-16-13(9)12(15)8-10-3-2-4-11(14)7-10/h2-4,7,9,12-13H,5-6,8,15H2,1H3. The number of rotatable bonds is 3. The summed E-state index contributed by atoms with van der Waals surface area (Å²) in [5.74, 6) is 0.300. The highest BCUT2D eigenvalue weighted by Crippen LogP contribution is 2.23. The number of ether oxygens (including phenoxy) is 1. The molecule has 1 aliphatic rings. The van der Waals surface area contributed by atoms with Crippen LogP contribution in [0.2, 0.25) is 0 Å². The zero-order chi connectivity index (χ0) is 11.5. The van der Waals surface area contributed by atoms with E-state index in [2.05, 4.69) is 6.92 Å². The van der Waals surface area contributed by atoms with Gasteiger partial charge in [-0.05, 0) is 36.5 Å². The number of nitrogens with two attached hydrogens (primary N) is 1. The highest BCUT2D eigenvalue weighted by molar-refractivity contribution is 5.17. The Labute approximate surface area is 95.6 Å². The van der Waals surface area contributed by atoms with E-state index in [1.165, 1.54) is 6.07 Å². The van der Waals surface area contributed by atoms with Crippen LogP contribution in [0.15, 0.2) is 24.3 Å². The summed E-state index contributed by atoms with van der Waals surface area (Å²) in [6, 6.07) is 6.57. The summed E-state index contributed by atoms with van der Waals surface area (Å²) in [6.45, 7) is 2.95. The van der Waals surface area contributed by atoms with Crippen LogP contribution in [0.3, 0.4) is 0 Å². The Kier molecular flexibility index (Phi) is 3.56. The third-order valence-electron chi connectivity index (χ3n) is 3.23. The van der Waals surface area contributed by atoms with Crippen molar-refractivity contribution in [1.82, 2.24) is 0 Å². The molecule has 3 atom stereocenters. The molecule has 0 aromatic heterocycles.